The van der Waals surface area contributed by atoms with Gasteiger partial charge in [0, 0.05) is 21.2 Å². The van der Waals surface area contributed by atoms with Crippen molar-refractivity contribution in [1.29, 1.82) is 0 Å². The van der Waals surface area contributed by atoms with Crippen LogP contribution in [-0.4, -0.2) is 18.3 Å². The van der Waals surface area contributed by atoms with Gasteiger partial charge in [-0.15, -0.1) is 11.8 Å². The molecule has 0 spiro atoms. The second-order valence-electron chi connectivity index (χ2n) is 5.37. The summed E-state index contributed by atoms with van der Waals surface area (Å²) < 4.78 is 1.18. The molecule has 3 heteroatoms. The smallest absolute Gasteiger partial charge is 0.0189 e. The summed E-state index contributed by atoms with van der Waals surface area (Å²) >= 11 is 5.54. The number of hydrogen-bond acceptors (Lipinski definition) is 2. The summed E-state index contributed by atoms with van der Waals surface area (Å²) in [4.78, 5) is 1.37. The minimum Gasteiger partial charge on any atom is -0.313 e. The van der Waals surface area contributed by atoms with Crippen LogP contribution in [0.3, 0.4) is 0 Å². The van der Waals surface area contributed by atoms with Crippen LogP contribution >= 0.6 is 27.7 Å². The minimum atomic E-state index is 0.687. The molecular weight excluding hydrogens is 318 g/mol. The van der Waals surface area contributed by atoms with Crippen LogP contribution in [0, 0.1) is 5.92 Å². The van der Waals surface area contributed by atoms with Crippen LogP contribution in [0.15, 0.2) is 33.6 Å². The molecular formula is C16H24BrNS. The number of hydrogen-bond donors (Lipinski definition) is 1. The Morgan fingerprint density at radius 1 is 1.37 bits per heavy atom. The van der Waals surface area contributed by atoms with Gasteiger partial charge in [-0.05, 0) is 49.9 Å². The predicted octanol–water partition coefficient (Wildman–Crippen LogP) is 5.10. The first-order valence-corrected chi connectivity index (χ1v) is 9.19. The predicted molar refractivity (Wildman–Crippen MR) is 88.9 cm³/mol. The second kappa shape index (κ2) is 8.33. The maximum absolute atomic E-state index is 3.76. The lowest BCUT2D eigenvalue weighted by Crippen LogP contribution is -2.37. The first-order chi connectivity index (χ1) is 9.29. The fourth-order valence-corrected chi connectivity index (χ4v) is 4.49. The summed E-state index contributed by atoms with van der Waals surface area (Å²) in [5, 5.41) is 3.76. The van der Waals surface area contributed by atoms with Crippen LogP contribution in [-0.2, 0) is 0 Å². The average molecular weight is 342 g/mol. The molecule has 0 bridgehead atoms. The monoisotopic (exact) mass is 341 g/mol. The maximum Gasteiger partial charge on any atom is 0.0189 e. The molecule has 1 fully saturated rings. The fraction of sp³-hybridized carbons (Fsp3) is 0.625. The number of halogens is 1. The van der Waals surface area contributed by atoms with Gasteiger partial charge in [0.05, 0.1) is 0 Å². The van der Waals surface area contributed by atoms with E-state index < -0.39 is 0 Å². The molecule has 19 heavy (non-hydrogen) atoms. The number of nitrogens with one attached hydrogen (secondary N) is 1. The minimum absolute atomic E-state index is 0.687. The summed E-state index contributed by atoms with van der Waals surface area (Å²) in [6, 6.07) is 9.33. The summed E-state index contributed by atoms with van der Waals surface area (Å²) in [6.45, 7) is 3.40. The third kappa shape index (κ3) is 5.13. The van der Waals surface area contributed by atoms with Crippen molar-refractivity contribution < 1.29 is 0 Å². The largest absolute Gasteiger partial charge is 0.313 e. The van der Waals surface area contributed by atoms with Crippen molar-refractivity contribution in [3.63, 3.8) is 0 Å². The first-order valence-electron chi connectivity index (χ1n) is 7.41. The quantitative estimate of drug-likeness (QED) is 0.692. The van der Waals surface area contributed by atoms with E-state index in [9.17, 15) is 0 Å². The van der Waals surface area contributed by atoms with E-state index in [1.165, 1.54) is 47.2 Å². The van der Waals surface area contributed by atoms with Crippen LogP contribution in [0.5, 0.6) is 0 Å². The molecule has 1 aromatic carbocycles. The third-order valence-electron chi connectivity index (χ3n) is 3.85. The van der Waals surface area contributed by atoms with Crippen LogP contribution in [0.2, 0.25) is 0 Å². The van der Waals surface area contributed by atoms with Crippen molar-refractivity contribution in [3.8, 4) is 0 Å². The highest BCUT2D eigenvalue weighted by atomic mass is 79.9. The number of rotatable bonds is 7. The first kappa shape index (κ1) is 15.4. The normalized spacial score (nSPS) is 17.8. The molecule has 0 amide bonds. The molecule has 1 atom stereocenters. The molecule has 0 aliphatic heterocycles. The topological polar surface area (TPSA) is 12.0 Å². The van der Waals surface area contributed by atoms with E-state index >= 15 is 0 Å². The Labute approximate surface area is 130 Å². The van der Waals surface area contributed by atoms with Crippen LogP contribution in [0.25, 0.3) is 0 Å². The van der Waals surface area contributed by atoms with E-state index in [2.05, 4.69) is 52.4 Å². The van der Waals surface area contributed by atoms with Crippen molar-refractivity contribution >= 4 is 27.7 Å². The standard InChI is InChI=1S/C16H24BrNS/c1-2-10-18-16(13-6-3-4-7-13)12-19-15-9-5-8-14(17)11-15/h5,8-9,11,13,16,18H,2-4,6-7,10,12H2,1H3. The lowest BCUT2D eigenvalue weighted by atomic mass is 10.00. The van der Waals surface area contributed by atoms with Gasteiger partial charge >= 0.3 is 0 Å². The van der Waals surface area contributed by atoms with Gasteiger partial charge < -0.3 is 5.32 Å². The summed E-state index contributed by atoms with van der Waals surface area (Å²) in [7, 11) is 0. The van der Waals surface area contributed by atoms with E-state index in [-0.39, 0.29) is 0 Å². The third-order valence-corrected chi connectivity index (χ3v) is 5.46. The zero-order valence-electron chi connectivity index (χ0n) is 11.7. The lowest BCUT2D eigenvalue weighted by Gasteiger charge is -2.24. The van der Waals surface area contributed by atoms with Gasteiger partial charge in [-0.1, -0.05) is 41.8 Å². The molecule has 1 saturated carbocycles. The van der Waals surface area contributed by atoms with Crippen molar-refractivity contribution in [1.82, 2.24) is 5.32 Å². The Hall–Kier alpha value is 0.01000. The van der Waals surface area contributed by atoms with E-state index in [0.717, 1.165) is 12.5 Å². The molecule has 1 aromatic rings. The van der Waals surface area contributed by atoms with Gasteiger partial charge in [-0.2, -0.15) is 0 Å². The molecule has 0 heterocycles. The van der Waals surface area contributed by atoms with Gasteiger partial charge in [0.1, 0.15) is 0 Å². The molecule has 2 rings (SSSR count). The van der Waals surface area contributed by atoms with Crippen molar-refractivity contribution in [3.05, 3.63) is 28.7 Å². The van der Waals surface area contributed by atoms with Crippen molar-refractivity contribution in [2.75, 3.05) is 12.3 Å². The lowest BCUT2D eigenvalue weighted by molar-refractivity contribution is 0.388. The van der Waals surface area contributed by atoms with Gasteiger partial charge in [0.15, 0.2) is 0 Å². The van der Waals surface area contributed by atoms with Crippen LogP contribution in [0.4, 0.5) is 0 Å². The molecule has 1 unspecified atom stereocenters. The molecule has 1 nitrogen and oxygen atoms in total. The molecule has 0 saturated heterocycles. The van der Waals surface area contributed by atoms with Crippen LogP contribution in [0.1, 0.15) is 39.0 Å². The fourth-order valence-electron chi connectivity index (χ4n) is 2.79. The summed E-state index contributed by atoms with van der Waals surface area (Å²) in [5.74, 6) is 2.09. The van der Waals surface area contributed by atoms with Crippen molar-refractivity contribution in [2.45, 2.75) is 50.0 Å². The Morgan fingerprint density at radius 2 is 2.16 bits per heavy atom. The zero-order valence-corrected chi connectivity index (χ0v) is 14.1. The van der Waals surface area contributed by atoms with E-state index in [0.29, 0.717) is 6.04 Å². The van der Waals surface area contributed by atoms with Gasteiger partial charge in [0.25, 0.3) is 0 Å². The Bertz CT molecular complexity index is 377. The van der Waals surface area contributed by atoms with Crippen LogP contribution < -0.4 is 5.32 Å². The average Bonchev–Trinajstić information content (AvgIpc) is 2.93. The van der Waals surface area contributed by atoms with E-state index in [4.69, 9.17) is 0 Å². The molecule has 0 radical (unpaired) electrons. The molecule has 1 aliphatic carbocycles. The number of benzene rings is 1. The van der Waals surface area contributed by atoms with Gasteiger partial charge in [-0.3, -0.25) is 0 Å². The number of thioether (sulfide) groups is 1. The zero-order chi connectivity index (χ0) is 13.5. The Morgan fingerprint density at radius 3 is 2.84 bits per heavy atom. The SMILES string of the molecule is CCCNC(CSc1cccc(Br)c1)C1CCCC1. The Balaban J connectivity index is 1.88. The van der Waals surface area contributed by atoms with E-state index in [1.807, 2.05) is 11.8 Å². The highest BCUT2D eigenvalue weighted by Crippen LogP contribution is 2.31. The molecule has 0 aromatic heterocycles. The summed E-state index contributed by atoms with van der Waals surface area (Å²) in [5.41, 5.74) is 0. The molecule has 1 aliphatic rings. The van der Waals surface area contributed by atoms with Gasteiger partial charge in [0.2, 0.25) is 0 Å². The van der Waals surface area contributed by atoms with Crippen molar-refractivity contribution in [2.24, 2.45) is 5.92 Å². The Kier molecular flexibility index (Phi) is 6.75. The second-order valence-corrected chi connectivity index (χ2v) is 7.38. The molecule has 1 N–H and O–H groups in total. The summed E-state index contributed by atoms with van der Waals surface area (Å²) in [6.07, 6.45) is 6.92. The highest BCUT2D eigenvalue weighted by molar-refractivity contribution is 9.10. The maximum atomic E-state index is 3.76. The highest BCUT2D eigenvalue weighted by Gasteiger charge is 2.24. The van der Waals surface area contributed by atoms with E-state index in [1.54, 1.807) is 0 Å². The molecule has 106 valence electrons. The van der Waals surface area contributed by atoms with Gasteiger partial charge in [-0.25, -0.2) is 0 Å².